The van der Waals surface area contributed by atoms with Crippen molar-refractivity contribution in [2.24, 2.45) is 10.9 Å². The van der Waals surface area contributed by atoms with Crippen molar-refractivity contribution in [3.05, 3.63) is 33.8 Å². The lowest BCUT2D eigenvalue weighted by Gasteiger charge is -2.08. The molecule has 4 N–H and O–H groups in total. The monoisotopic (exact) mass is 303 g/mol. The maximum Gasteiger partial charge on any atom is 0.254 e. The van der Waals surface area contributed by atoms with Gasteiger partial charge in [0.05, 0.1) is 15.6 Å². The van der Waals surface area contributed by atoms with E-state index in [0.717, 1.165) is 0 Å². The average Bonchev–Trinajstić information content (AvgIpc) is 2.37. The normalized spacial score (nSPS) is 11.4. The molecule has 0 fully saturated rings. The van der Waals surface area contributed by atoms with Crippen molar-refractivity contribution in [2.75, 3.05) is 6.54 Å². The highest BCUT2D eigenvalue weighted by atomic mass is 35.5. The summed E-state index contributed by atoms with van der Waals surface area (Å²) >= 11 is 11.8. The van der Waals surface area contributed by atoms with Crippen LogP contribution < -0.4 is 11.1 Å². The lowest BCUT2D eigenvalue weighted by Crippen LogP contribution is -2.25. The van der Waals surface area contributed by atoms with Crippen LogP contribution in [0.5, 0.6) is 0 Å². The number of hydrogen-bond donors (Lipinski definition) is 3. The number of nitrogens with one attached hydrogen (secondary N) is 1. The van der Waals surface area contributed by atoms with E-state index in [9.17, 15) is 4.79 Å². The Kier molecular flexibility index (Phi) is 6.45. The number of amidine groups is 1. The van der Waals surface area contributed by atoms with Gasteiger partial charge in [-0.1, -0.05) is 34.4 Å². The molecule has 0 aliphatic carbocycles. The highest BCUT2D eigenvalue weighted by molar-refractivity contribution is 6.39. The highest BCUT2D eigenvalue weighted by Crippen LogP contribution is 2.23. The van der Waals surface area contributed by atoms with Crippen LogP contribution >= 0.6 is 23.2 Å². The molecule has 0 aliphatic heterocycles. The Bertz CT molecular complexity index is 458. The second kappa shape index (κ2) is 7.86. The first-order valence-corrected chi connectivity index (χ1v) is 6.50. The fourth-order valence-corrected chi connectivity index (χ4v) is 2.06. The van der Waals surface area contributed by atoms with Crippen molar-refractivity contribution in [2.45, 2.75) is 19.3 Å². The maximum absolute atomic E-state index is 11.9. The maximum atomic E-state index is 11.9. The molecule has 1 aromatic rings. The minimum Gasteiger partial charge on any atom is -0.409 e. The van der Waals surface area contributed by atoms with Gasteiger partial charge in [0.15, 0.2) is 0 Å². The summed E-state index contributed by atoms with van der Waals surface area (Å²) in [7, 11) is 0. The van der Waals surface area contributed by atoms with E-state index in [1.807, 2.05) is 0 Å². The molecule has 0 spiro atoms. The first-order valence-electron chi connectivity index (χ1n) is 5.75. The third-order valence-corrected chi connectivity index (χ3v) is 3.09. The van der Waals surface area contributed by atoms with Gasteiger partial charge in [-0.15, -0.1) is 0 Å². The van der Waals surface area contributed by atoms with Crippen LogP contribution in [0.2, 0.25) is 10.0 Å². The summed E-state index contributed by atoms with van der Waals surface area (Å²) in [5.74, 6) is -0.125. The number of rotatable bonds is 6. The predicted molar refractivity (Wildman–Crippen MR) is 76.1 cm³/mol. The second-order valence-electron chi connectivity index (χ2n) is 3.90. The molecular formula is C12H15Cl2N3O2. The molecule has 19 heavy (non-hydrogen) atoms. The summed E-state index contributed by atoms with van der Waals surface area (Å²) in [6.45, 7) is 0.471. The number of carbonyl (C=O) groups excluding carboxylic acids is 1. The largest absolute Gasteiger partial charge is 0.409 e. The number of hydrogen-bond acceptors (Lipinski definition) is 3. The van der Waals surface area contributed by atoms with E-state index in [0.29, 0.717) is 35.9 Å². The minimum atomic E-state index is -0.306. The van der Waals surface area contributed by atoms with Crippen molar-refractivity contribution in [3.63, 3.8) is 0 Å². The molecule has 1 amide bonds. The molecule has 1 rings (SSSR count). The molecule has 7 heteroatoms. The molecule has 0 saturated heterocycles. The van der Waals surface area contributed by atoms with Gasteiger partial charge in [0, 0.05) is 13.0 Å². The predicted octanol–water partition coefficient (Wildman–Crippen LogP) is 2.64. The van der Waals surface area contributed by atoms with Crippen LogP contribution in [0.15, 0.2) is 23.4 Å². The van der Waals surface area contributed by atoms with Crippen LogP contribution in [0.3, 0.4) is 0 Å². The zero-order valence-corrected chi connectivity index (χ0v) is 11.7. The Labute approximate surface area is 121 Å². The van der Waals surface area contributed by atoms with Gasteiger partial charge in [-0.2, -0.15) is 0 Å². The summed E-state index contributed by atoms with van der Waals surface area (Å²) in [6.07, 6.45) is 1.91. The van der Waals surface area contributed by atoms with Crippen LogP contribution in [0.4, 0.5) is 0 Å². The molecule has 0 radical (unpaired) electrons. The van der Waals surface area contributed by atoms with E-state index in [4.69, 9.17) is 34.1 Å². The molecule has 1 aromatic carbocycles. The zero-order valence-electron chi connectivity index (χ0n) is 10.2. The number of oxime groups is 1. The Hall–Kier alpha value is -1.46. The van der Waals surface area contributed by atoms with Crippen molar-refractivity contribution in [1.82, 2.24) is 5.32 Å². The van der Waals surface area contributed by atoms with E-state index < -0.39 is 0 Å². The fraction of sp³-hybridized carbons (Fsp3) is 0.333. The van der Waals surface area contributed by atoms with Crippen LogP contribution in [0.1, 0.15) is 29.6 Å². The van der Waals surface area contributed by atoms with Gasteiger partial charge in [-0.25, -0.2) is 0 Å². The molecule has 0 aliphatic rings. The number of benzene rings is 1. The van der Waals surface area contributed by atoms with Gasteiger partial charge in [-0.05, 0) is 25.0 Å². The number of carbonyl (C=O) groups is 1. The third-order valence-electron chi connectivity index (χ3n) is 2.46. The summed E-state index contributed by atoms with van der Waals surface area (Å²) in [4.78, 5) is 11.9. The number of amides is 1. The molecular weight excluding hydrogens is 289 g/mol. The smallest absolute Gasteiger partial charge is 0.254 e. The Morgan fingerprint density at radius 2 is 1.95 bits per heavy atom. The fourth-order valence-electron chi connectivity index (χ4n) is 1.49. The SMILES string of the molecule is NC(CCCCNC(=O)c1c(Cl)cccc1Cl)=NO. The van der Waals surface area contributed by atoms with Crippen LogP contribution in [-0.4, -0.2) is 23.5 Å². The van der Waals surface area contributed by atoms with Gasteiger partial charge in [-0.3, -0.25) is 4.79 Å². The lowest BCUT2D eigenvalue weighted by atomic mass is 10.2. The molecule has 0 heterocycles. The van der Waals surface area contributed by atoms with E-state index in [-0.39, 0.29) is 17.3 Å². The number of unbranched alkanes of at least 4 members (excludes halogenated alkanes) is 1. The quantitative estimate of drug-likeness (QED) is 0.248. The highest BCUT2D eigenvalue weighted by Gasteiger charge is 2.13. The van der Waals surface area contributed by atoms with Crippen molar-refractivity contribution >= 4 is 34.9 Å². The topological polar surface area (TPSA) is 87.7 Å². The van der Waals surface area contributed by atoms with Crippen molar-refractivity contribution < 1.29 is 10.0 Å². The molecule has 0 bridgehead atoms. The number of halogens is 2. The van der Waals surface area contributed by atoms with Gasteiger partial charge in [0.1, 0.15) is 5.84 Å². The average molecular weight is 304 g/mol. The molecule has 0 saturated carbocycles. The van der Waals surface area contributed by atoms with Crippen molar-refractivity contribution in [3.8, 4) is 0 Å². The van der Waals surface area contributed by atoms with Gasteiger partial charge >= 0.3 is 0 Å². The van der Waals surface area contributed by atoms with E-state index in [1.165, 1.54) is 0 Å². The van der Waals surface area contributed by atoms with Crippen LogP contribution in [0, 0.1) is 0 Å². The minimum absolute atomic E-state index is 0.181. The summed E-state index contributed by atoms with van der Waals surface area (Å²) in [5, 5.41) is 14.6. The summed E-state index contributed by atoms with van der Waals surface area (Å²) < 4.78 is 0. The van der Waals surface area contributed by atoms with E-state index in [1.54, 1.807) is 18.2 Å². The van der Waals surface area contributed by atoms with Crippen LogP contribution in [0.25, 0.3) is 0 Å². The number of nitrogens with zero attached hydrogens (tertiary/aromatic N) is 1. The molecule has 0 aromatic heterocycles. The second-order valence-corrected chi connectivity index (χ2v) is 4.72. The van der Waals surface area contributed by atoms with Gasteiger partial charge < -0.3 is 16.3 Å². The Morgan fingerprint density at radius 3 is 2.53 bits per heavy atom. The first kappa shape index (κ1) is 15.6. The molecule has 5 nitrogen and oxygen atoms in total. The van der Waals surface area contributed by atoms with E-state index in [2.05, 4.69) is 10.5 Å². The van der Waals surface area contributed by atoms with Gasteiger partial charge in [0.25, 0.3) is 5.91 Å². The summed E-state index contributed by atoms with van der Waals surface area (Å²) in [5.41, 5.74) is 5.60. The van der Waals surface area contributed by atoms with Gasteiger partial charge in [0.2, 0.25) is 0 Å². The van der Waals surface area contributed by atoms with Crippen molar-refractivity contribution in [1.29, 1.82) is 0 Å². The Balaban J connectivity index is 2.40. The first-order chi connectivity index (χ1) is 9.06. The summed E-state index contributed by atoms with van der Waals surface area (Å²) in [6, 6.07) is 4.90. The molecule has 0 unspecified atom stereocenters. The molecule has 104 valence electrons. The zero-order chi connectivity index (χ0) is 14.3. The lowest BCUT2D eigenvalue weighted by molar-refractivity contribution is 0.0953. The van der Waals surface area contributed by atoms with E-state index >= 15 is 0 Å². The Morgan fingerprint density at radius 1 is 1.32 bits per heavy atom. The third kappa shape index (κ3) is 4.96. The molecule has 0 atom stereocenters. The van der Waals surface area contributed by atoms with Crippen LogP contribution in [-0.2, 0) is 0 Å². The standard InChI is InChI=1S/C12H15Cl2N3O2/c13-8-4-3-5-9(14)11(8)12(18)16-7-2-1-6-10(15)17-19/h3-5,19H,1-2,6-7H2,(H2,15,17)(H,16,18). The number of nitrogens with two attached hydrogens (primary N) is 1.